The number of hydrogen-bond acceptors (Lipinski definition) is 6. The van der Waals surface area contributed by atoms with Gasteiger partial charge < -0.3 is 25.2 Å². The van der Waals surface area contributed by atoms with Gasteiger partial charge in [0.15, 0.2) is 0 Å². The molecule has 0 radical (unpaired) electrons. The lowest BCUT2D eigenvalue weighted by Crippen LogP contribution is -2.52. The van der Waals surface area contributed by atoms with Gasteiger partial charge >= 0.3 is 18.2 Å². The molecule has 0 unspecified atom stereocenters. The van der Waals surface area contributed by atoms with E-state index in [1.54, 1.807) is 20.8 Å². The molecular weight excluding hydrogens is 478 g/mol. The molecule has 1 aliphatic rings. The van der Waals surface area contributed by atoms with Crippen LogP contribution in [0.25, 0.3) is 0 Å². The molecule has 0 saturated carbocycles. The van der Waals surface area contributed by atoms with E-state index in [1.165, 1.54) is 4.90 Å². The molecule has 2 atom stereocenters. The lowest BCUT2D eigenvalue weighted by molar-refractivity contribution is -0.142. The molecule has 204 valence electrons. The number of amides is 3. The number of aliphatic carboxylic acids is 1. The summed E-state index contributed by atoms with van der Waals surface area (Å²) in [6.07, 6.45) is 3.93. The maximum atomic E-state index is 12.9. The largest absolute Gasteiger partial charge is 0.480 e. The summed E-state index contributed by atoms with van der Waals surface area (Å²) in [5, 5.41) is 14.6. The van der Waals surface area contributed by atoms with Gasteiger partial charge in [0.05, 0.1) is 6.61 Å². The Bertz CT molecular complexity index is 933. The van der Waals surface area contributed by atoms with Crippen molar-refractivity contribution in [1.29, 1.82) is 0 Å². The van der Waals surface area contributed by atoms with Crippen LogP contribution in [0.15, 0.2) is 36.9 Å². The van der Waals surface area contributed by atoms with E-state index in [9.17, 15) is 24.3 Å². The summed E-state index contributed by atoms with van der Waals surface area (Å²) in [7, 11) is 0. The van der Waals surface area contributed by atoms with Crippen LogP contribution in [0, 0.1) is 0 Å². The highest BCUT2D eigenvalue weighted by atomic mass is 16.6. The first-order valence-electron chi connectivity index (χ1n) is 12.6. The molecular formula is C27H39N3O7. The number of carboxylic acids is 1. The predicted octanol–water partition coefficient (Wildman–Crippen LogP) is 4.13. The summed E-state index contributed by atoms with van der Waals surface area (Å²) in [6.45, 7) is 9.48. The highest BCUT2D eigenvalue weighted by Crippen LogP contribution is 2.22. The quantitative estimate of drug-likeness (QED) is 0.265. The van der Waals surface area contributed by atoms with Crippen molar-refractivity contribution in [1.82, 2.24) is 15.5 Å². The van der Waals surface area contributed by atoms with Gasteiger partial charge in [-0.15, -0.1) is 6.58 Å². The number of benzene rings is 1. The summed E-state index contributed by atoms with van der Waals surface area (Å²) < 4.78 is 10.5. The summed E-state index contributed by atoms with van der Waals surface area (Å²) in [5.74, 6) is -1.90. The van der Waals surface area contributed by atoms with Gasteiger partial charge in [0.2, 0.25) is 5.91 Å². The summed E-state index contributed by atoms with van der Waals surface area (Å²) in [4.78, 5) is 51.0. The van der Waals surface area contributed by atoms with Crippen molar-refractivity contribution in [3.8, 4) is 0 Å². The van der Waals surface area contributed by atoms with E-state index in [1.807, 2.05) is 30.3 Å². The molecule has 3 N–H and O–H groups in total. The number of unbranched alkanes of at least 4 members (excludes halogenated alkanes) is 3. The third-order valence-corrected chi connectivity index (χ3v) is 5.75. The Labute approximate surface area is 218 Å². The lowest BCUT2D eigenvalue weighted by Gasteiger charge is -2.24. The minimum absolute atomic E-state index is 0.119. The van der Waals surface area contributed by atoms with Crippen LogP contribution in [0.2, 0.25) is 0 Å². The van der Waals surface area contributed by atoms with Gasteiger partial charge in [0.1, 0.15) is 17.7 Å². The van der Waals surface area contributed by atoms with E-state index in [0.29, 0.717) is 25.9 Å². The molecule has 0 aromatic heterocycles. The Hall–Kier alpha value is -3.56. The third kappa shape index (κ3) is 10.5. The number of ether oxygens (including phenoxy) is 2. The fraction of sp³-hybridized carbons (Fsp3) is 0.556. The topological polar surface area (TPSA) is 134 Å². The Kier molecular flexibility index (Phi) is 11.4. The number of carbonyl (C=O) groups is 4. The fourth-order valence-corrected chi connectivity index (χ4v) is 3.88. The average molecular weight is 518 g/mol. The summed E-state index contributed by atoms with van der Waals surface area (Å²) in [5.41, 5.74) is 1.34. The van der Waals surface area contributed by atoms with Gasteiger partial charge in [0, 0.05) is 19.5 Å². The highest BCUT2D eigenvalue weighted by molar-refractivity contribution is 5.89. The molecule has 0 spiro atoms. The van der Waals surface area contributed by atoms with E-state index in [4.69, 9.17) is 9.47 Å². The molecule has 1 aromatic carbocycles. The van der Waals surface area contributed by atoms with Crippen LogP contribution >= 0.6 is 0 Å². The Morgan fingerprint density at radius 3 is 2.24 bits per heavy atom. The maximum Gasteiger partial charge on any atom is 0.410 e. The third-order valence-electron chi connectivity index (χ3n) is 5.75. The van der Waals surface area contributed by atoms with Crippen LogP contribution in [0.5, 0.6) is 0 Å². The lowest BCUT2D eigenvalue weighted by atomic mass is 10.1. The highest BCUT2D eigenvalue weighted by Gasteiger charge is 2.29. The standard InChI is InChI=1S/C27H39N3O7/c1-5-6-7-8-9-14-21(29-25(34)37-27(2,3)4)23(31)28-22(24(32)33)15-16-36-26(35)30-17-19-12-10-11-13-20(19)18-30/h5,10-13,21-22H,1,6-9,14-18H2,2-4H3,(H,28,31)(H,29,34)(H,32,33)/t21-,22-/m0/s1. The second kappa shape index (κ2) is 14.2. The van der Waals surface area contributed by atoms with Crippen LogP contribution in [0.3, 0.4) is 0 Å². The van der Waals surface area contributed by atoms with Gasteiger partial charge in [0.25, 0.3) is 0 Å². The minimum Gasteiger partial charge on any atom is -0.480 e. The molecule has 2 rings (SSSR count). The minimum atomic E-state index is -1.29. The second-order valence-corrected chi connectivity index (χ2v) is 10.1. The number of carbonyl (C=O) groups excluding carboxylic acids is 3. The molecule has 0 aliphatic carbocycles. The van der Waals surface area contributed by atoms with Crippen molar-refractivity contribution < 1.29 is 33.8 Å². The van der Waals surface area contributed by atoms with Gasteiger partial charge in [-0.25, -0.2) is 14.4 Å². The Morgan fingerprint density at radius 2 is 1.68 bits per heavy atom. The molecule has 0 fully saturated rings. The number of alkyl carbamates (subject to hydrolysis) is 1. The van der Waals surface area contributed by atoms with E-state index in [-0.39, 0.29) is 13.0 Å². The molecule has 0 saturated heterocycles. The van der Waals surface area contributed by atoms with E-state index in [2.05, 4.69) is 17.2 Å². The van der Waals surface area contributed by atoms with Crippen molar-refractivity contribution >= 4 is 24.1 Å². The SMILES string of the molecule is C=CCCCCC[C@H](NC(=O)OC(C)(C)C)C(=O)N[C@@H](CCOC(=O)N1Cc2ccccc2C1)C(=O)O. The zero-order chi connectivity index (χ0) is 27.4. The van der Waals surface area contributed by atoms with Gasteiger partial charge in [-0.3, -0.25) is 9.69 Å². The van der Waals surface area contributed by atoms with Crippen LogP contribution in [-0.4, -0.2) is 58.4 Å². The summed E-state index contributed by atoms with van der Waals surface area (Å²) >= 11 is 0. The predicted molar refractivity (Wildman–Crippen MR) is 138 cm³/mol. The number of hydrogen-bond donors (Lipinski definition) is 3. The Morgan fingerprint density at radius 1 is 1.03 bits per heavy atom. The normalized spacial score (nSPS) is 14.2. The van der Waals surface area contributed by atoms with Crippen molar-refractivity contribution in [2.45, 2.75) is 90.1 Å². The van der Waals surface area contributed by atoms with Gasteiger partial charge in [-0.2, -0.15) is 0 Å². The molecule has 1 aromatic rings. The maximum absolute atomic E-state index is 12.9. The van der Waals surface area contributed by atoms with Crippen LogP contribution in [0.1, 0.15) is 70.4 Å². The van der Waals surface area contributed by atoms with E-state index in [0.717, 1.165) is 30.4 Å². The average Bonchev–Trinajstić information content (AvgIpc) is 3.25. The first-order chi connectivity index (χ1) is 17.5. The van der Waals surface area contributed by atoms with Crippen LogP contribution in [-0.2, 0) is 32.2 Å². The van der Waals surface area contributed by atoms with Crippen molar-refractivity contribution in [2.24, 2.45) is 0 Å². The number of rotatable bonds is 13. The number of allylic oxidation sites excluding steroid dienone is 1. The molecule has 1 aliphatic heterocycles. The Balaban J connectivity index is 1.89. The summed E-state index contributed by atoms with van der Waals surface area (Å²) in [6, 6.07) is 5.44. The van der Waals surface area contributed by atoms with E-state index >= 15 is 0 Å². The van der Waals surface area contributed by atoms with Gasteiger partial charge in [-0.05, 0) is 51.2 Å². The number of nitrogens with zero attached hydrogens (tertiary/aromatic N) is 1. The molecule has 37 heavy (non-hydrogen) atoms. The van der Waals surface area contributed by atoms with Crippen molar-refractivity contribution in [3.63, 3.8) is 0 Å². The number of nitrogens with one attached hydrogen (secondary N) is 2. The molecule has 10 heteroatoms. The monoisotopic (exact) mass is 517 g/mol. The smallest absolute Gasteiger partial charge is 0.410 e. The fourth-order valence-electron chi connectivity index (χ4n) is 3.88. The molecule has 0 bridgehead atoms. The van der Waals surface area contributed by atoms with E-state index < -0.39 is 41.7 Å². The molecule has 1 heterocycles. The first-order valence-corrected chi connectivity index (χ1v) is 12.6. The van der Waals surface area contributed by atoms with Crippen LogP contribution in [0.4, 0.5) is 9.59 Å². The van der Waals surface area contributed by atoms with Crippen molar-refractivity contribution in [3.05, 3.63) is 48.0 Å². The number of fused-ring (bicyclic) bond motifs is 1. The number of carboxylic acid groups (broad SMARTS) is 1. The molecule has 3 amide bonds. The van der Waals surface area contributed by atoms with Crippen molar-refractivity contribution in [2.75, 3.05) is 6.61 Å². The van der Waals surface area contributed by atoms with Gasteiger partial charge in [-0.1, -0.05) is 43.2 Å². The zero-order valence-corrected chi connectivity index (χ0v) is 22.0. The first kappa shape index (κ1) is 29.7. The van der Waals surface area contributed by atoms with Crippen LogP contribution < -0.4 is 10.6 Å². The molecule has 10 nitrogen and oxygen atoms in total. The zero-order valence-electron chi connectivity index (χ0n) is 22.0. The second-order valence-electron chi connectivity index (χ2n) is 10.1.